The Morgan fingerprint density at radius 1 is 0.340 bits per heavy atom. The molecule has 0 radical (unpaired) electrons. The predicted molar refractivity (Wildman–Crippen MR) is 222 cm³/mol. The second-order valence-electron chi connectivity index (χ2n) is 14.3. The fraction of sp³-hybridized carbons (Fsp3) is 0. The number of pyridine rings is 1. The Kier molecular flexibility index (Phi) is 5.08. The van der Waals surface area contributed by atoms with Gasteiger partial charge in [0.05, 0.1) is 49.8 Å². The third-order valence-electron chi connectivity index (χ3n) is 11.7. The number of hydrogen-bond donors (Lipinski definition) is 0. The van der Waals surface area contributed by atoms with Crippen LogP contribution >= 0.6 is 0 Å². The van der Waals surface area contributed by atoms with E-state index >= 15 is 0 Å². The fourth-order valence-corrected chi connectivity index (χ4v) is 9.53. The molecule has 0 fully saturated rings. The van der Waals surface area contributed by atoms with Gasteiger partial charge < -0.3 is 8.97 Å². The Balaban J connectivity index is 1.13. The van der Waals surface area contributed by atoms with Crippen molar-refractivity contribution in [2.24, 2.45) is 0 Å². The molecule has 0 aliphatic carbocycles. The van der Waals surface area contributed by atoms with E-state index in [1.54, 1.807) is 0 Å². The van der Waals surface area contributed by atoms with Gasteiger partial charge in [-0.25, -0.2) is 4.98 Å². The second kappa shape index (κ2) is 9.78. The molecule has 0 bridgehead atoms. The molecule has 0 unspecified atom stereocenters. The molecule has 4 nitrogen and oxygen atoms in total. The van der Waals surface area contributed by atoms with Crippen molar-refractivity contribution in [3.8, 4) is 16.8 Å². The van der Waals surface area contributed by atoms with Gasteiger partial charge in [0.2, 0.25) is 0 Å². The zero-order valence-electron chi connectivity index (χ0n) is 28.5. The van der Waals surface area contributed by atoms with Gasteiger partial charge in [-0.3, -0.25) is 4.40 Å². The zero-order chi connectivity index (χ0) is 34.4. The number of para-hydroxylation sites is 5. The van der Waals surface area contributed by atoms with Crippen LogP contribution in [-0.4, -0.2) is 18.4 Å². The summed E-state index contributed by atoms with van der Waals surface area (Å²) in [6.45, 7) is 0. The van der Waals surface area contributed by atoms with E-state index in [1.807, 2.05) is 0 Å². The van der Waals surface area contributed by atoms with Gasteiger partial charge in [-0.1, -0.05) is 121 Å². The molecule has 0 saturated heterocycles. The monoisotopic (exact) mass is 672 g/mol. The number of benzene rings is 8. The first-order chi connectivity index (χ1) is 26.3. The van der Waals surface area contributed by atoms with E-state index in [0.717, 1.165) is 22.2 Å². The Bertz CT molecular complexity index is 3690. The zero-order valence-corrected chi connectivity index (χ0v) is 28.5. The summed E-state index contributed by atoms with van der Waals surface area (Å²) in [7, 11) is 0. The van der Waals surface area contributed by atoms with Crippen LogP contribution < -0.4 is 0 Å². The van der Waals surface area contributed by atoms with Crippen molar-refractivity contribution >= 4 is 98.3 Å². The number of rotatable bonds is 2. The first-order valence-corrected chi connectivity index (χ1v) is 18.2. The minimum Gasteiger partial charge on any atom is -0.309 e. The molecule has 13 rings (SSSR count). The SMILES string of the molecule is c1ccc2c(c1)nc1c3ccccc3c3ccc(-c4ccc5c6ccccc6n(-c6ccc7c8ccccc8n8c9ccccc9c6c78)c5c4)cc3n21. The smallest absolute Gasteiger partial charge is 0.146 e. The first-order valence-electron chi connectivity index (χ1n) is 18.2. The highest BCUT2D eigenvalue weighted by Crippen LogP contribution is 2.44. The van der Waals surface area contributed by atoms with Crippen LogP contribution in [0, 0.1) is 0 Å². The predicted octanol–water partition coefficient (Wildman–Crippen LogP) is 12.7. The summed E-state index contributed by atoms with van der Waals surface area (Å²) in [5.74, 6) is 0. The first kappa shape index (κ1) is 27.5. The summed E-state index contributed by atoms with van der Waals surface area (Å²) in [5.41, 5.74) is 14.0. The molecular weight excluding hydrogens is 645 g/mol. The van der Waals surface area contributed by atoms with E-state index in [2.05, 4.69) is 183 Å². The number of aromatic nitrogens is 4. The molecule has 5 aromatic heterocycles. The van der Waals surface area contributed by atoms with Crippen LogP contribution in [0.3, 0.4) is 0 Å². The Morgan fingerprint density at radius 3 is 1.64 bits per heavy atom. The second-order valence-corrected chi connectivity index (χ2v) is 14.3. The minimum atomic E-state index is 0.994. The molecule has 53 heavy (non-hydrogen) atoms. The van der Waals surface area contributed by atoms with Gasteiger partial charge in [0.1, 0.15) is 5.65 Å². The van der Waals surface area contributed by atoms with E-state index < -0.39 is 0 Å². The molecule has 0 amide bonds. The van der Waals surface area contributed by atoms with Crippen molar-refractivity contribution in [1.82, 2.24) is 18.4 Å². The minimum absolute atomic E-state index is 0.994. The largest absolute Gasteiger partial charge is 0.309 e. The lowest BCUT2D eigenvalue weighted by Crippen LogP contribution is -1.95. The van der Waals surface area contributed by atoms with Crippen molar-refractivity contribution in [1.29, 1.82) is 0 Å². The van der Waals surface area contributed by atoms with Crippen LogP contribution in [0.2, 0.25) is 0 Å². The highest BCUT2D eigenvalue weighted by molar-refractivity contribution is 6.26. The van der Waals surface area contributed by atoms with E-state index in [9.17, 15) is 0 Å². The Morgan fingerprint density at radius 2 is 0.868 bits per heavy atom. The van der Waals surface area contributed by atoms with Gasteiger partial charge in [0.15, 0.2) is 0 Å². The summed E-state index contributed by atoms with van der Waals surface area (Å²) in [6.07, 6.45) is 0. The van der Waals surface area contributed by atoms with Crippen LogP contribution in [-0.2, 0) is 0 Å². The summed E-state index contributed by atoms with van der Waals surface area (Å²) < 4.78 is 7.32. The number of imidazole rings is 1. The topological polar surface area (TPSA) is 26.6 Å². The summed E-state index contributed by atoms with van der Waals surface area (Å²) in [5, 5.41) is 11.3. The van der Waals surface area contributed by atoms with Crippen LogP contribution in [0.4, 0.5) is 0 Å². The van der Waals surface area contributed by atoms with Crippen LogP contribution in [0.15, 0.2) is 170 Å². The van der Waals surface area contributed by atoms with Crippen LogP contribution in [0.25, 0.3) is 115 Å². The number of nitrogens with zero attached hydrogens (tertiary/aromatic N) is 4. The molecule has 13 aromatic rings. The molecule has 244 valence electrons. The maximum Gasteiger partial charge on any atom is 0.146 e. The quantitative estimate of drug-likeness (QED) is 0.168. The van der Waals surface area contributed by atoms with Gasteiger partial charge in [-0.2, -0.15) is 0 Å². The van der Waals surface area contributed by atoms with E-state index in [0.29, 0.717) is 0 Å². The standard InChI is InChI=1S/C49H28N4/c1-2-14-37-31(11-1)34-23-21-30(28-46(34)53-43-20-10-6-16-39(43)50-49(37)53)29-22-24-35-32-12-3-7-17-40(32)51(45(35)27-29)44-26-25-36-33-13-4-8-18-41(33)52-42-19-9-5-15-38(42)47(44)48(36)52/h1-28H. The lowest BCUT2D eigenvalue weighted by Gasteiger charge is -2.13. The third-order valence-corrected chi connectivity index (χ3v) is 11.7. The fourth-order valence-electron chi connectivity index (χ4n) is 9.53. The van der Waals surface area contributed by atoms with Gasteiger partial charge in [-0.15, -0.1) is 0 Å². The molecule has 0 aliphatic rings. The van der Waals surface area contributed by atoms with Gasteiger partial charge in [0, 0.05) is 43.1 Å². The van der Waals surface area contributed by atoms with Crippen LogP contribution in [0.1, 0.15) is 0 Å². The van der Waals surface area contributed by atoms with Crippen LogP contribution in [0.5, 0.6) is 0 Å². The lowest BCUT2D eigenvalue weighted by molar-refractivity contribution is 1.20. The number of hydrogen-bond acceptors (Lipinski definition) is 1. The molecule has 0 N–H and O–H groups in total. The maximum absolute atomic E-state index is 5.14. The van der Waals surface area contributed by atoms with Gasteiger partial charge >= 0.3 is 0 Å². The summed E-state index contributed by atoms with van der Waals surface area (Å²) in [4.78, 5) is 5.14. The Hall–Kier alpha value is -7.17. The maximum atomic E-state index is 5.14. The van der Waals surface area contributed by atoms with Crippen molar-refractivity contribution in [2.45, 2.75) is 0 Å². The van der Waals surface area contributed by atoms with Gasteiger partial charge in [-0.05, 0) is 65.0 Å². The van der Waals surface area contributed by atoms with Crippen molar-refractivity contribution < 1.29 is 0 Å². The third kappa shape index (κ3) is 3.43. The Labute approximate surface area is 302 Å². The van der Waals surface area contributed by atoms with Crippen molar-refractivity contribution in [3.63, 3.8) is 0 Å². The molecule has 0 aliphatic heterocycles. The molecule has 0 spiro atoms. The molecule has 0 atom stereocenters. The average molecular weight is 673 g/mol. The average Bonchev–Trinajstić information content (AvgIpc) is 3.97. The van der Waals surface area contributed by atoms with Gasteiger partial charge in [0.25, 0.3) is 0 Å². The number of fused-ring (bicyclic) bond motifs is 17. The summed E-state index contributed by atoms with van der Waals surface area (Å²) >= 11 is 0. The molecule has 5 heterocycles. The van der Waals surface area contributed by atoms with E-state index in [-0.39, 0.29) is 0 Å². The highest BCUT2D eigenvalue weighted by Gasteiger charge is 2.23. The summed E-state index contributed by atoms with van der Waals surface area (Å²) in [6, 6.07) is 62.3. The lowest BCUT2D eigenvalue weighted by atomic mass is 9.99. The van der Waals surface area contributed by atoms with Crippen molar-refractivity contribution in [2.75, 3.05) is 0 Å². The molecule has 8 aromatic carbocycles. The molecule has 0 saturated carbocycles. The molecular formula is C49H28N4. The van der Waals surface area contributed by atoms with Crippen molar-refractivity contribution in [3.05, 3.63) is 170 Å². The highest BCUT2D eigenvalue weighted by atomic mass is 15.0. The van der Waals surface area contributed by atoms with E-state index in [4.69, 9.17) is 4.98 Å². The molecule has 4 heteroatoms. The van der Waals surface area contributed by atoms with E-state index in [1.165, 1.54) is 92.9 Å². The normalized spacial score (nSPS) is 12.5.